The van der Waals surface area contributed by atoms with Crippen LogP contribution in [0.4, 0.5) is 0 Å². The molecule has 1 saturated carbocycles. The third-order valence-electron chi connectivity index (χ3n) is 5.92. The highest BCUT2D eigenvalue weighted by Gasteiger charge is 2.44. The first-order chi connectivity index (χ1) is 12.5. The molecule has 26 heavy (non-hydrogen) atoms. The van der Waals surface area contributed by atoms with E-state index in [0.717, 1.165) is 36.6 Å². The Hall–Kier alpha value is -1.16. The summed E-state index contributed by atoms with van der Waals surface area (Å²) < 4.78 is 1.13. The van der Waals surface area contributed by atoms with Crippen LogP contribution < -0.4 is 0 Å². The predicted molar refractivity (Wildman–Crippen MR) is 112 cm³/mol. The van der Waals surface area contributed by atoms with E-state index in [2.05, 4.69) is 89.5 Å². The van der Waals surface area contributed by atoms with Crippen molar-refractivity contribution in [1.82, 2.24) is 4.90 Å². The van der Waals surface area contributed by atoms with Gasteiger partial charge in [-0.25, -0.2) is 0 Å². The molecular weight excluding hydrogens is 386 g/mol. The Morgan fingerprint density at radius 2 is 1.77 bits per heavy atom. The highest BCUT2D eigenvalue weighted by atomic mass is 79.9. The third kappa shape index (κ3) is 4.39. The van der Waals surface area contributed by atoms with Gasteiger partial charge >= 0.3 is 0 Å². The Morgan fingerprint density at radius 3 is 2.46 bits per heavy atom. The fourth-order valence-corrected chi connectivity index (χ4v) is 5.11. The van der Waals surface area contributed by atoms with Crippen molar-refractivity contribution in [1.29, 1.82) is 0 Å². The fraction of sp³-hybridized carbons (Fsp3) is 0.478. The summed E-state index contributed by atoms with van der Waals surface area (Å²) in [5.74, 6) is 0.244. The Bertz CT molecular complexity index is 702. The van der Waals surface area contributed by atoms with Gasteiger partial charge in [-0.05, 0) is 57.0 Å². The standard InChI is InChI=1S/C23H30BrNO/c1-25(2)22(19-12-6-7-14-21(19)24)20-13-8-9-16-23(20,26)17-15-18-10-4-3-5-11-18/h3-7,10-12,14,20,22,26H,8-9,13,15-17H2,1-2H3. The van der Waals surface area contributed by atoms with Crippen molar-refractivity contribution < 1.29 is 5.11 Å². The van der Waals surface area contributed by atoms with Crippen LogP contribution in [0.3, 0.4) is 0 Å². The Labute approximate surface area is 166 Å². The topological polar surface area (TPSA) is 23.5 Å². The van der Waals surface area contributed by atoms with Crippen LogP contribution in [-0.4, -0.2) is 29.7 Å². The second-order valence-corrected chi connectivity index (χ2v) is 8.73. The van der Waals surface area contributed by atoms with Crippen LogP contribution in [0, 0.1) is 5.92 Å². The molecule has 0 amide bonds. The van der Waals surface area contributed by atoms with Crippen molar-refractivity contribution in [3.63, 3.8) is 0 Å². The zero-order chi connectivity index (χ0) is 18.6. The van der Waals surface area contributed by atoms with Crippen LogP contribution in [0.1, 0.15) is 49.3 Å². The van der Waals surface area contributed by atoms with Gasteiger partial charge in [0.2, 0.25) is 0 Å². The fourth-order valence-electron chi connectivity index (χ4n) is 4.59. The van der Waals surface area contributed by atoms with Gasteiger partial charge in [0.15, 0.2) is 0 Å². The molecule has 3 unspecified atom stereocenters. The second-order valence-electron chi connectivity index (χ2n) is 7.87. The number of hydrogen-bond donors (Lipinski definition) is 1. The van der Waals surface area contributed by atoms with E-state index in [-0.39, 0.29) is 12.0 Å². The Balaban J connectivity index is 1.87. The first kappa shape index (κ1) is 19.6. The summed E-state index contributed by atoms with van der Waals surface area (Å²) in [6.45, 7) is 0. The van der Waals surface area contributed by atoms with Gasteiger partial charge in [-0.2, -0.15) is 0 Å². The SMILES string of the molecule is CN(C)C(c1ccccc1Br)C1CCCCC1(O)CCc1ccccc1. The molecular formula is C23H30BrNO. The molecule has 3 atom stereocenters. The minimum absolute atomic E-state index is 0.214. The molecule has 3 rings (SSSR count). The molecule has 0 bridgehead atoms. The molecule has 0 aromatic heterocycles. The van der Waals surface area contributed by atoms with Gasteiger partial charge in [0, 0.05) is 16.4 Å². The van der Waals surface area contributed by atoms with Crippen LogP contribution in [0.2, 0.25) is 0 Å². The lowest BCUT2D eigenvalue weighted by atomic mass is 9.67. The maximum absolute atomic E-state index is 11.7. The van der Waals surface area contributed by atoms with Crippen molar-refractivity contribution in [2.24, 2.45) is 5.92 Å². The summed E-state index contributed by atoms with van der Waals surface area (Å²) in [5, 5.41) is 11.7. The molecule has 3 heteroatoms. The Morgan fingerprint density at radius 1 is 1.08 bits per heavy atom. The molecule has 0 spiro atoms. The summed E-state index contributed by atoms with van der Waals surface area (Å²) in [5.41, 5.74) is 1.98. The lowest BCUT2D eigenvalue weighted by Gasteiger charge is -2.46. The van der Waals surface area contributed by atoms with Gasteiger partial charge < -0.3 is 10.0 Å². The van der Waals surface area contributed by atoms with Crippen molar-refractivity contribution in [2.75, 3.05) is 14.1 Å². The summed E-state index contributed by atoms with van der Waals surface area (Å²) >= 11 is 3.74. The first-order valence-corrected chi connectivity index (χ1v) is 10.5. The normalized spacial score (nSPS) is 24.6. The lowest BCUT2D eigenvalue weighted by Crippen LogP contribution is -2.47. The van der Waals surface area contributed by atoms with E-state index in [1.54, 1.807) is 0 Å². The minimum atomic E-state index is -0.613. The van der Waals surface area contributed by atoms with Crippen LogP contribution in [0.15, 0.2) is 59.1 Å². The molecule has 0 saturated heterocycles. The average molecular weight is 416 g/mol. The molecule has 0 heterocycles. The van der Waals surface area contributed by atoms with Crippen molar-refractivity contribution in [3.8, 4) is 0 Å². The van der Waals surface area contributed by atoms with E-state index in [9.17, 15) is 5.11 Å². The summed E-state index contributed by atoms with van der Waals surface area (Å²) in [4.78, 5) is 2.28. The smallest absolute Gasteiger partial charge is 0.0697 e. The van der Waals surface area contributed by atoms with Gasteiger partial charge in [0.25, 0.3) is 0 Å². The summed E-state index contributed by atoms with van der Waals surface area (Å²) in [6, 6.07) is 19.2. The molecule has 140 valence electrons. The number of nitrogens with zero attached hydrogens (tertiary/aromatic N) is 1. The monoisotopic (exact) mass is 415 g/mol. The van der Waals surface area contributed by atoms with Gasteiger partial charge in [0.05, 0.1) is 5.60 Å². The zero-order valence-electron chi connectivity index (χ0n) is 15.9. The van der Waals surface area contributed by atoms with Crippen LogP contribution in [-0.2, 0) is 6.42 Å². The minimum Gasteiger partial charge on any atom is -0.390 e. The van der Waals surface area contributed by atoms with E-state index < -0.39 is 5.60 Å². The maximum Gasteiger partial charge on any atom is 0.0697 e. The lowest BCUT2D eigenvalue weighted by molar-refractivity contribution is -0.0830. The molecule has 0 aliphatic heterocycles. The second kappa shape index (κ2) is 8.69. The zero-order valence-corrected chi connectivity index (χ0v) is 17.5. The molecule has 2 nitrogen and oxygen atoms in total. The highest BCUT2D eigenvalue weighted by Crippen LogP contribution is 2.46. The molecule has 2 aromatic carbocycles. The molecule has 2 aromatic rings. The van der Waals surface area contributed by atoms with Crippen LogP contribution in [0.5, 0.6) is 0 Å². The highest BCUT2D eigenvalue weighted by molar-refractivity contribution is 9.10. The molecule has 1 N–H and O–H groups in total. The van der Waals surface area contributed by atoms with Crippen molar-refractivity contribution in [2.45, 2.75) is 50.2 Å². The number of benzene rings is 2. The van der Waals surface area contributed by atoms with E-state index in [4.69, 9.17) is 0 Å². The molecule has 0 radical (unpaired) electrons. The summed E-state index contributed by atoms with van der Waals surface area (Å²) in [6.07, 6.45) is 6.07. The largest absolute Gasteiger partial charge is 0.390 e. The van der Waals surface area contributed by atoms with E-state index in [1.165, 1.54) is 17.5 Å². The maximum atomic E-state index is 11.7. The predicted octanol–water partition coefficient (Wildman–Crippen LogP) is 5.61. The van der Waals surface area contributed by atoms with Crippen molar-refractivity contribution in [3.05, 3.63) is 70.2 Å². The molecule has 1 fully saturated rings. The molecule has 1 aliphatic carbocycles. The van der Waals surface area contributed by atoms with Crippen molar-refractivity contribution >= 4 is 15.9 Å². The summed E-state index contributed by atoms with van der Waals surface area (Å²) in [7, 11) is 4.27. The van der Waals surface area contributed by atoms with Crippen LogP contribution in [0.25, 0.3) is 0 Å². The van der Waals surface area contributed by atoms with E-state index >= 15 is 0 Å². The van der Waals surface area contributed by atoms with Gasteiger partial charge in [0.1, 0.15) is 0 Å². The van der Waals surface area contributed by atoms with Gasteiger partial charge in [-0.3, -0.25) is 0 Å². The van der Waals surface area contributed by atoms with Gasteiger partial charge in [-0.15, -0.1) is 0 Å². The van der Waals surface area contributed by atoms with Gasteiger partial charge in [-0.1, -0.05) is 77.3 Å². The quantitative estimate of drug-likeness (QED) is 0.662. The number of halogens is 1. The number of aliphatic hydroxyl groups is 1. The number of hydrogen-bond acceptors (Lipinski definition) is 2. The first-order valence-electron chi connectivity index (χ1n) is 9.68. The average Bonchev–Trinajstić information content (AvgIpc) is 2.64. The number of rotatable bonds is 6. The third-order valence-corrected chi connectivity index (χ3v) is 6.64. The van der Waals surface area contributed by atoms with E-state index in [1.807, 2.05) is 0 Å². The molecule has 1 aliphatic rings. The van der Waals surface area contributed by atoms with E-state index in [0.29, 0.717) is 0 Å². The van der Waals surface area contributed by atoms with Crippen LogP contribution >= 0.6 is 15.9 Å². The Kier molecular flexibility index (Phi) is 6.55. The number of aryl methyl sites for hydroxylation is 1.